The smallest absolute Gasteiger partial charge is 0.416 e. The summed E-state index contributed by atoms with van der Waals surface area (Å²) in [5.74, 6) is 0.817. The monoisotopic (exact) mass is 567 g/mol. The Hall–Kier alpha value is -3.17. The van der Waals surface area contributed by atoms with Gasteiger partial charge in [-0.1, -0.05) is 62.4 Å². The van der Waals surface area contributed by atoms with E-state index in [0.29, 0.717) is 30.3 Å². The predicted molar refractivity (Wildman–Crippen MR) is 144 cm³/mol. The molecule has 0 radical (unpaired) electrons. The quantitative estimate of drug-likeness (QED) is 0.387. The lowest BCUT2D eigenvalue weighted by atomic mass is 9.73. The molecule has 218 valence electrons. The van der Waals surface area contributed by atoms with Gasteiger partial charge in [0.1, 0.15) is 6.54 Å². The molecule has 3 aliphatic heterocycles. The van der Waals surface area contributed by atoms with E-state index in [4.69, 9.17) is 4.42 Å². The van der Waals surface area contributed by atoms with Crippen molar-refractivity contribution in [2.24, 2.45) is 11.8 Å². The number of nitrogens with one attached hydrogen (secondary N) is 1. The van der Waals surface area contributed by atoms with Crippen LogP contribution in [0.5, 0.6) is 0 Å². The molecule has 7 rings (SSSR count). The van der Waals surface area contributed by atoms with Gasteiger partial charge in [0.2, 0.25) is 0 Å². The number of piperidine rings is 3. The summed E-state index contributed by atoms with van der Waals surface area (Å²) in [6.07, 6.45) is 4.09. The standard InChI is InChI=1S/C32H36F3N3O3/c33-32(34,35)26-13-11-23(12-14-26)29(39)37-28-21-38(17-15-22(28)16-18-38)20-27-19-36-30(41-27)31(40,24-7-3-1-4-8-24)25-9-5-2-6-10-25/h1,3-4,7-8,11-14,19,22,25,28H,2,5-6,9-10,15-18,20-21H2,(H,37,39)/t22?,28-,31+,38?/m0/s1. The van der Waals surface area contributed by atoms with Gasteiger partial charge in [0.15, 0.2) is 11.7 Å². The summed E-state index contributed by atoms with van der Waals surface area (Å²) in [4.78, 5) is 17.5. The van der Waals surface area contributed by atoms with Crippen molar-refractivity contribution in [3.8, 4) is 0 Å². The molecule has 0 unspecified atom stereocenters. The lowest BCUT2D eigenvalue weighted by molar-refractivity contribution is -0.957. The predicted octanol–water partition coefficient (Wildman–Crippen LogP) is 5.42. The third kappa shape index (κ3) is 5.54. The molecule has 1 amide bonds. The van der Waals surface area contributed by atoms with Crippen molar-refractivity contribution in [1.82, 2.24) is 10.3 Å². The van der Waals surface area contributed by atoms with Gasteiger partial charge in [-0.2, -0.15) is 13.2 Å². The van der Waals surface area contributed by atoms with Crippen molar-refractivity contribution >= 4 is 5.91 Å². The molecular formula is C32H36F3N3O3. The molecule has 3 saturated heterocycles. The number of halogens is 3. The first kappa shape index (κ1) is 28.0. The van der Waals surface area contributed by atoms with E-state index in [2.05, 4.69) is 10.3 Å². The Balaban J connectivity index is 1.18. The Bertz CT molecular complexity index is 1340. The number of oxazole rings is 1. The number of nitrogens with zero attached hydrogens (tertiary/aromatic N) is 2. The van der Waals surface area contributed by atoms with Gasteiger partial charge < -0.3 is 19.3 Å². The number of alkyl halides is 3. The number of rotatable bonds is 7. The molecule has 4 heterocycles. The molecule has 1 saturated carbocycles. The Morgan fingerprint density at radius 2 is 1.63 bits per heavy atom. The van der Waals surface area contributed by atoms with E-state index >= 15 is 0 Å². The number of hydrogen-bond acceptors (Lipinski definition) is 4. The van der Waals surface area contributed by atoms with Crippen LogP contribution >= 0.6 is 0 Å². The van der Waals surface area contributed by atoms with Crippen LogP contribution in [0.15, 0.2) is 65.2 Å². The second-order valence-corrected chi connectivity index (χ2v) is 12.2. The average Bonchev–Trinajstić information content (AvgIpc) is 3.46. The Kier molecular flexibility index (Phi) is 7.44. The van der Waals surface area contributed by atoms with E-state index in [1.807, 2.05) is 30.3 Å². The minimum atomic E-state index is -4.44. The lowest BCUT2D eigenvalue weighted by Crippen LogP contribution is -2.66. The molecule has 2 aromatic carbocycles. The number of carbonyl (C=O) groups excluding carboxylic acids is 1. The second-order valence-electron chi connectivity index (χ2n) is 12.2. The van der Waals surface area contributed by atoms with Crippen LogP contribution < -0.4 is 10.4 Å². The molecule has 3 aromatic rings. The molecule has 4 fully saturated rings. The SMILES string of the molecule is O=C(N[C@H]1C[N+]2(Cc3cnc([C@@]([O-])(c4ccccc4)C4CCCCC4)o3)CCC1CC2)c1ccc(C(F)(F)F)cc1. The maximum absolute atomic E-state index is 14.6. The van der Waals surface area contributed by atoms with Gasteiger partial charge in [-0.05, 0) is 47.3 Å². The van der Waals surface area contributed by atoms with Crippen molar-refractivity contribution in [3.63, 3.8) is 0 Å². The first-order valence-electron chi connectivity index (χ1n) is 14.7. The summed E-state index contributed by atoms with van der Waals surface area (Å²) in [5.41, 5.74) is -1.40. The molecule has 1 aliphatic carbocycles. The van der Waals surface area contributed by atoms with Crippen molar-refractivity contribution in [3.05, 3.63) is 89.1 Å². The highest BCUT2D eigenvalue weighted by Gasteiger charge is 2.47. The highest BCUT2D eigenvalue weighted by molar-refractivity contribution is 5.94. The fourth-order valence-corrected chi connectivity index (χ4v) is 7.35. The Morgan fingerprint density at radius 1 is 0.951 bits per heavy atom. The summed E-state index contributed by atoms with van der Waals surface area (Å²) in [6.45, 7) is 3.17. The zero-order valence-corrected chi connectivity index (χ0v) is 23.0. The van der Waals surface area contributed by atoms with Gasteiger partial charge in [-0.3, -0.25) is 4.79 Å². The third-order valence-corrected chi connectivity index (χ3v) is 9.64. The van der Waals surface area contributed by atoms with E-state index in [-0.39, 0.29) is 29.3 Å². The Labute approximate surface area is 238 Å². The van der Waals surface area contributed by atoms with Crippen molar-refractivity contribution in [2.45, 2.75) is 69.3 Å². The number of fused-ring (bicyclic) bond motifs is 3. The highest BCUT2D eigenvalue weighted by Crippen LogP contribution is 2.42. The molecule has 2 atom stereocenters. The van der Waals surface area contributed by atoms with Crippen LogP contribution in [-0.4, -0.2) is 41.1 Å². The fourth-order valence-electron chi connectivity index (χ4n) is 7.35. The topological polar surface area (TPSA) is 78.2 Å². The van der Waals surface area contributed by atoms with Crippen LogP contribution in [0.3, 0.4) is 0 Å². The average molecular weight is 568 g/mol. The summed E-state index contributed by atoms with van der Waals surface area (Å²) < 4.78 is 45.8. The van der Waals surface area contributed by atoms with Crippen LogP contribution in [0.25, 0.3) is 0 Å². The van der Waals surface area contributed by atoms with E-state index in [1.54, 1.807) is 6.20 Å². The minimum absolute atomic E-state index is 0.0762. The summed E-state index contributed by atoms with van der Waals surface area (Å²) in [7, 11) is 0. The van der Waals surface area contributed by atoms with Gasteiger partial charge in [0, 0.05) is 18.4 Å². The molecule has 41 heavy (non-hydrogen) atoms. The first-order valence-corrected chi connectivity index (χ1v) is 14.7. The van der Waals surface area contributed by atoms with Crippen molar-refractivity contribution in [2.75, 3.05) is 19.6 Å². The number of benzene rings is 2. The maximum atomic E-state index is 14.6. The molecule has 4 aliphatic rings. The first-order chi connectivity index (χ1) is 19.7. The van der Waals surface area contributed by atoms with Crippen molar-refractivity contribution in [1.29, 1.82) is 0 Å². The largest absolute Gasteiger partial charge is 0.839 e. The van der Waals surface area contributed by atoms with Gasteiger partial charge in [-0.15, -0.1) is 0 Å². The lowest BCUT2D eigenvalue weighted by Gasteiger charge is -2.52. The van der Waals surface area contributed by atoms with Crippen LogP contribution in [0.1, 0.15) is 78.1 Å². The number of aromatic nitrogens is 1. The second kappa shape index (κ2) is 10.9. The van der Waals surface area contributed by atoms with Crippen LogP contribution in [0.2, 0.25) is 0 Å². The zero-order chi connectivity index (χ0) is 28.7. The molecule has 2 bridgehead atoms. The minimum Gasteiger partial charge on any atom is -0.839 e. The normalized spacial score (nSPS) is 26.4. The van der Waals surface area contributed by atoms with Crippen LogP contribution in [0.4, 0.5) is 13.2 Å². The molecule has 9 heteroatoms. The van der Waals surface area contributed by atoms with Crippen LogP contribution in [-0.2, 0) is 18.3 Å². The third-order valence-electron chi connectivity index (χ3n) is 9.64. The molecule has 0 spiro atoms. The number of hydrogen-bond donors (Lipinski definition) is 1. The summed E-state index contributed by atoms with van der Waals surface area (Å²) >= 11 is 0. The molecular weight excluding hydrogens is 531 g/mol. The number of carbonyl (C=O) groups is 1. The van der Waals surface area contributed by atoms with Crippen LogP contribution in [0, 0.1) is 11.8 Å². The van der Waals surface area contributed by atoms with E-state index < -0.39 is 17.3 Å². The highest BCUT2D eigenvalue weighted by atomic mass is 19.4. The number of amides is 1. The van der Waals surface area contributed by atoms with E-state index in [0.717, 1.165) is 74.7 Å². The molecule has 1 aromatic heterocycles. The maximum Gasteiger partial charge on any atom is 0.416 e. The summed E-state index contributed by atoms with van der Waals surface area (Å²) in [5, 5.41) is 17.7. The summed E-state index contributed by atoms with van der Waals surface area (Å²) in [6, 6.07) is 13.7. The van der Waals surface area contributed by atoms with E-state index in [1.165, 1.54) is 12.1 Å². The fraction of sp³-hybridized carbons (Fsp3) is 0.500. The number of quaternary nitrogens is 1. The van der Waals surface area contributed by atoms with Gasteiger partial charge in [-0.25, -0.2) is 4.98 Å². The van der Waals surface area contributed by atoms with Crippen molar-refractivity contribution < 1.29 is 32.0 Å². The van der Waals surface area contributed by atoms with Gasteiger partial charge in [0.05, 0.1) is 37.4 Å². The molecule has 6 nitrogen and oxygen atoms in total. The van der Waals surface area contributed by atoms with Gasteiger partial charge in [0.25, 0.3) is 5.91 Å². The molecule has 1 N–H and O–H groups in total. The van der Waals surface area contributed by atoms with E-state index in [9.17, 15) is 23.1 Å². The zero-order valence-electron chi connectivity index (χ0n) is 23.0. The Morgan fingerprint density at radius 3 is 2.29 bits per heavy atom. The van der Waals surface area contributed by atoms with Gasteiger partial charge >= 0.3 is 6.18 Å².